The molecular formula is C120H120. The van der Waals surface area contributed by atoms with Crippen LogP contribution in [0.2, 0.25) is 0 Å². The van der Waals surface area contributed by atoms with Crippen molar-refractivity contribution >= 4 is 108 Å². The fraction of sp³-hybridized carbons (Fsp3) is 0.167. The van der Waals surface area contributed by atoms with Gasteiger partial charge in [0.05, 0.1) is 0 Å². The van der Waals surface area contributed by atoms with Crippen LogP contribution in [-0.4, -0.2) is 0 Å². The van der Waals surface area contributed by atoms with Crippen LogP contribution in [0.4, 0.5) is 0 Å². The topological polar surface area (TPSA) is 0 Å². The molecule has 20 aromatic carbocycles. The van der Waals surface area contributed by atoms with Crippen molar-refractivity contribution in [3.63, 3.8) is 0 Å². The molecule has 0 radical (unpaired) electrons. The fourth-order valence-electron chi connectivity index (χ4n) is 15.7. The van der Waals surface area contributed by atoms with Gasteiger partial charge >= 0.3 is 0 Å². The summed E-state index contributed by atoms with van der Waals surface area (Å²) in [6.45, 7) is 42.9. The van der Waals surface area contributed by atoms with Crippen LogP contribution in [0.3, 0.4) is 0 Å². The van der Waals surface area contributed by atoms with E-state index in [0.717, 1.165) is 0 Å². The van der Waals surface area contributed by atoms with Gasteiger partial charge in [0.15, 0.2) is 0 Å². The maximum absolute atomic E-state index is 2.24. The Morgan fingerprint density at radius 2 is 0.375 bits per heavy atom. The lowest BCUT2D eigenvalue weighted by Crippen LogP contribution is -1.82. The Hall–Kier alpha value is -13.0. The Morgan fingerprint density at radius 1 is 0.108 bits per heavy atom. The zero-order valence-corrected chi connectivity index (χ0v) is 74.6. The highest BCUT2D eigenvalue weighted by Gasteiger charge is 2.05. The molecule has 0 bridgehead atoms. The van der Waals surface area contributed by atoms with Crippen LogP contribution >= 0.6 is 0 Å². The number of benzene rings is 20. The van der Waals surface area contributed by atoms with Crippen molar-refractivity contribution < 1.29 is 0 Å². The highest BCUT2D eigenvalue weighted by Crippen LogP contribution is 2.29. The molecule has 0 aliphatic carbocycles. The molecule has 0 saturated heterocycles. The summed E-state index contributed by atoms with van der Waals surface area (Å²) in [5.41, 5.74) is 27.0. The van der Waals surface area contributed by atoms with Crippen LogP contribution in [0.25, 0.3) is 108 Å². The number of fused-ring (bicyclic) bond motifs is 10. The standard InChI is InChI=1S/10C12H12/c1-9-3-5-12-8-10(2)4-6-11(12)7-9;1-9-3-5-11-6-4-10(2)8-12(11)7-9;1-9-5-3-8-12-10(2)6-4-7-11(9)12;1-9-5-3-7-11-8-4-6-10(2)12(9)11;1-9-6-7-12-10(2)4-3-5-11(12)8-9;1-9-6-7-11-5-3-4-10(2)12(11)8-9;1-9-7-11-5-3-4-6-12(11)8-10(9)2;1-9-7-10(2)12-6-4-3-5-11(12)8-9;1-9-7-8-11-5-3-4-6-12(11)10(9)2;1-9-7-8-10(2)12-6-4-3-5-11(9)12/h10*3-8H,1-2H3. The molecule has 0 aromatic heterocycles. The van der Waals surface area contributed by atoms with Gasteiger partial charge in [-0.25, -0.2) is 0 Å². The van der Waals surface area contributed by atoms with Gasteiger partial charge in [0.1, 0.15) is 0 Å². The van der Waals surface area contributed by atoms with Crippen molar-refractivity contribution in [3.05, 3.63) is 475 Å². The van der Waals surface area contributed by atoms with E-state index in [9.17, 15) is 0 Å². The van der Waals surface area contributed by atoms with E-state index in [1.54, 1.807) is 0 Å². The molecule has 0 heterocycles. The maximum Gasteiger partial charge on any atom is -0.0125 e. The number of rotatable bonds is 0. The number of hydrogen-bond donors (Lipinski definition) is 0. The van der Waals surface area contributed by atoms with E-state index in [1.165, 1.54) is 219 Å². The largest absolute Gasteiger partial charge is 0.0616 e. The zero-order chi connectivity index (χ0) is 85.5. The lowest BCUT2D eigenvalue weighted by Gasteiger charge is -2.04. The van der Waals surface area contributed by atoms with Crippen LogP contribution in [0, 0.1) is 138 Å². The first-order chi connectivity index (χ1) is 57.7. The molecular weight excluding hydrogens is 1440 g/mol. The van der Waals surface area contributed by atoms with Crippen molar-refractivity contribution in [2.75, 3.05) is 0 Å². The molecule has 0 spiro atoms. The third-order valence-corrected chi connectivity index (χ3v) is 22.9. The summed E-state index contributed by atoms with van der Waals surface area (Å²) in [6.07, 6.45) is 0. The molecule has 0 aliphatic heterocycles. The smallest absolute Gasteiger partial charge is 0.0125 e. The highest BCUT2D eigenvalue weighted by atomic mass is 14.1. The molecule has 0 unspecified atom stereocenters. The fourth-order valence-corrected chi connectivity index (χ4v) is 15.7. The van der Waals surface area contributed by atoms with Crippen molar-refractivity contribution in [2.45, 2.75) is 138 Å². The van der Waals surface area contributed by atoms with E-state index in [1.807, 2.05) is 0 Å². The van der Waals surface area contributed by atoms with Crippen LogP contribution in [0.1, 0.15) is 111 Å². The maximum atomic E-state index is 2.24. The van der Waals surface area contributed by atoms with Crippen LogP contribution in [0.5, 0.6) is 0 Å². The minimum Gasteiger partial charge on any atom is -0.0616 e. The van der Waals surface area contributed by atoms with Gasteiger partial charge in [0.2, 0.25) is 0 Å². The van der Waals surface area contributed by atoms with Crippen LogP contribution in [-0.2, 0) is 0 Å². The van der Waals surface area contributed by atoms with Crippen molar-refractivity contribution in [1.82, 2.24) is 0 Å². The predicted octanol–water partition coefficient (Wildman–Crippen LogP) is 34.6. The van der Waals surface area contributed by atoms with Crippen LogP contribution < -0.4 is 0 Å². The molecule has 20 aromatic rings. The van der Waals surface area contributed by atoms with E-state index in [-0.39, 0.29) is 0 Å². The first-order valence-electron chi connectivity index (χ1n) is 42.3. The lowest BCUT2D eigenvalue weighted by molar-refractivity contribution is 1.37. The summed E-state index contributed by atoms with van der Waals surface area (Å²) in [5, 5.41) is 27.1. The molecule has 600 valence electrons. The lowest BCUT2D eigenvalue weighted by atomic mass is 10.0. The van der Waals surface area contributed by atoms with Gasteiger partial charge in [-0.1, -0.05) is 403 Å². The molecule has 0 saturated carbocycles. The first kappa shape index (κ1) is 87.8. The van der Waals surface area contributed by atoms with Gasteiger partial charge in [-0.2, -0.15) is 0 Å². The first-order valence-corrected chi connectivity index (χ1v) is 42.3. The second kappa shape index (κ2) is 41.9. The Labute approximate surface area is 716 Å². The van der Waals surface area contributed by atoms with E-state index in [2.05, 4.69) is 502 Å². The van der Waals surface area contributed by atoms with E-state index >= 15 is 0 Å². The number of hydrogen-bond acceptors (Lipinski definition) is 0. The molecule has 0 aliphatic rings. The van der Waals surface area contributed by atoms with E-state index < -0.39 is 0 Å². The minimum atomic E-state index is 1.33. The average Bonchev–Trinajstić information content (AvgIpc) is 0.815. The Bertz CT molecular complexity index is 6530. The average molecular weight is 1560 g/mol. The Kier molecular flexibility index (Phi) is 30.7. The van der Waals surface area contributed by atoms with Gasteiger partial charge in [-0.15, -0.1) is 0 Å². The van der Waals surface area contributed by atoms with E-state index in [4.69, 9.17) is 0 Å². The van der Waals surface area contributed by atoms with Gasteiger partial charge in [-0.3, -0.25) is 0 Å². The van der Waals surface area contributed by atoms with Crippen LogP contribution in [0.15, 0.2) is 364 Å². The van der Waals surface area contributed by atoms with Crippen molar-refractivity contribution in [2.24, 2.45) is 0 Å². The second-order valence-corrected chi connectivity index (χ2v) is 32.9. The molecule has 0 nitrogen and oxygen atoms in total. The molecule has 0 N–H and O–H groups in total. The second-order valence-electron chi connectivity index (χ2n) is 32.9. The summed E-state index contributed by atoms with van der Waals surface area (Å²) in [4.78, 5) is 0. The van der Waals surface area contributed by atoms with E-state index in [0.29, 0.717) is 0 Å². The summed E-state index contributed by atoms with van der Waals surface area (Å²) < 4.78 is 0. The Balaban J connectivity index is 0.000000130. The zero-order valence-electron chi connectivity index (χ0n) is 74.6. The molecule has 0 atom stereocenters. The van der Waals surface area contributed by atoms with Gasteiger partial charge in [-0.05, 0) is 319 Å². The molecule has 0 fully saturated rings. The quantitative estimate of drug-likeness (QED) is 0.142. The predicted molar refractivity (Wildman–Crippen MR) is 534 cm³/mol. The Morgan fingerprint density at radius 3 is 0.850 bits per heavy atom. The third kappa shape index (κ3) is 23.7. The molecule has 0 amide bonds. The summed E-state index contributed by atoms with van der Waals surface area (Å²) in [6, 6.07) is 130. The van der Waals surface area contributed by atoms with Gasteiger partial charge in [0, 0.05) is 0 Å². The minimum absolute atomic E-state index is 1.33. The van der Waals surface area contributed by atoms with Gasteiger partial charge < -0.3 is 0 Å². The normalized spacial score (nSPS) is 10.5. The summed E-state index contributed by atoms with van der Waals surface area (Å²) >= 11 is 0. The number of aryl methyl sites for hydroxylation is 20. The van der Waals surface area contributed by atoms with Crippen molar-refractivity contribution in [3.8, 4) is 0 Å². The molecule has 0 heteroatoms. The highest BCUT2D eigenvalue weighted by molar-refractivity contribution is 5.93. The summed E-state index contributed by atoms with van der Waals surface area (Å²) in [7, 11) is 0. The summed E-state index contributed by atoms with van der Waals surface area (Å²) in [5.74, 6) is 0. The van der Waals surface area contributed by atoms with Gasteiger partial charge in [0.25, 0.3) is 0 Å². The molecule has 120 heavy (non-hydrogen) atoms. The monoisotopic (exact) mass is 1560 g/mol. The molecule has 20 rings (SSSR count). The van der Waals surface area contributed by atoms with Crippen molar-refractivity contribution in [1.29, 1.82) is 0 Å². The SMILES string of the molecule is Cc1cc(C)c2ccccc2c1.Cc1cc2ccccc2cc1C.Cc1ccc(C)c2ccccc12.Cc1ccc2c(C)cccc2c1.Cc1ccc2cc(C)ccc2c1.Cc1ccc2ccc(C)cc2c1.Cc1ccc2cccc(C)c2c1.Cc1ccc2ccccc2c1C.Cc1cccc2c(C)cccc12.Cc1cccc2cccc(C)c12. The third-order valence-electron chi connectivity index (χ3n) is 22.9.